The van der Waals surface area contributed by atoms with Crippen LogP contribution < -0.4 is 14.8 Å². The Morgan fingerprint density at radius 1 is 1.41 bits per heavy atom. The van der Waals surface area contributed by atoms with Crippen molar-refractivity contribution in [3.8, 4) is 11.5 Å². The van der Waals surface area contributed by atoms with Crippen molar-refractivity contribution in [1.82, 2.24) is 5.32 Å². The summed E-state index contributed by atoms with van der Waals surface area (Å²) in [5, 5.41) is 13.8. The van der Waals surface area contributed by atoms with Crippen LogP contribution >= 0.6 is 0 Å². The number of fused-ring (bicyclic) bond motifs is 1. The molecule has 7 heteroatoms. The minimum absolute atomic E-state index is 0.0370. The van der Waals surface area contributed by atoms with Gasteiger partial charge in [-0.1, -0.05) is 13.8 Å². The molecule has 1 N–H and O–H groups in total. The molecule has 118 valence electrons. The largest absolute Gasteiger partial charge is 0.454 e. The van der Waals surface area contributed by atoms with Gasteiger partial charge in [-0.2, -0.15) is 0 Å². The third-order valence-electron chi connectivity index (χ3n) is 3.15. The molecule has 22 heavy (non-hydrogen) atoms. The Kier molecular flexibility index (Phi) is 4.98. The van der Waals surface area contributed by atoms with E-state index in [0.717, 1.165) is 6.42 Å². The standard InChI is InChI=1S/C15H18N2O5/c1-10(2)5-6-16-15(18)4-3-11-7-13-14(22-9-21-13)8-12(11)17(19)20/h3-4,7-8,10H,5-6,9H2,1-2H3,(H,16,18)/b4-3+. The summed E-state index contributed by atoms with van der Waals surface area (Å²) >= 11 is 0. The zero-order valence-electron chi connectivity index (χ0n) is 12.5. The summed E-state index contributed by atoms with van der Waals surface area (Å²) in [6.07, 6.45) is 3.57. The molecule has 0 spiro atoms. The van der Waals surface area contributed by atoms with Crippen LogP contribution in [0.2, 0.25) is 0 Å². The van der Waals surface area contributed by atoms with E-state index in [1.807, 2.05) is 0 Å². The molecular weight excluding hydrogens is 288 g/mol. The predicted molar refractivity (Wildman–Crippen MR) is 80.7 cm³/mol. The van der Waals surface area contributed by atoms with Crippen LogP contribution in [-0.4, -0.2) is 24.2 Å². The van der Waals surface area contributed by atoms with Crippen molar-refractivity contribution in [3.63, 3.8) is 0 Å². The van der Waals surface area contributed by atoms with E-state index in [1.165, 1.54) is 24.3 Å². The summed E-state index contributed by atoms with van der Waals surface area (Å²) < 4.78 is 10.3. The van der Waals surface area contributed by atoms with Gasteiger partial charge in [0, 0.05) is 12.6 Å². The summed E-state index contributed by atoms with van der Waals surface area (Å²) in [6.45, 7) is 4.75. The monoisotopic (exact) mass is 306 g/mol. The van der Waals surface area contributed by atoms with E-state index in [-0.39, 0.29) is 18.4 Å². The molecule has 1 aromatic rings. The molecule has 0 bridgehead atoms. The van der Waals surface area contributed by atoms with Gasteiger partial charge in [0.25, 0.3) is 5.69 Å². The fourth-order valence-electron chi connectivity index (χ4n) is 1.95. The van der Waals surface area contributed by atoms with Gasteiger partial charge in [0.15, 0.2) is 11.5 Å². The molecule has 1 aliphatic rings. The molecule has 0 aromatic heterocycles. The molecule has 0 unspecified atom stereocenters. The van der Waals surface area contributed by atoms with Gasteiger partial charge in [-0.05, 0) is 24.5 Å². The van der Waals surface area contributed by atoms with Crippen molar-refractivity contribution in [2.24, 2.45) is 5.92 Å². The number of rotatable bonds is 6. The molecule has 7 nitrogen and oxygen atoms in total. The molecular formula is C15H18N2O5. The maximum atomic E-state index is 11.7. The van der Waals surface area contributed by atoms with Crippen LogP contribution in [0.1, 0.15) is 25.8 Å². The SMILES string of the molecule is CC(C)CCNC(=O)/C=C/c1cc2c(cc1[N+](=O)[O-])OCO2. The van der Waals surface area contributed by atoms with Crippen LogP contribution in [0.4, 0.5) is 5.69 Å². The van der Waals surface area contributed by atoms with E-state index < -0.39 is 4.92 Å². The Hall–Kier alpha value is -2.57. The van der Waals surface area contributed by atoms with Crippen LogP contribution in [0, 0.1) is 16.0 Å². The zero-order valence-corrected chi connectivity index (χ0v) is 12.5. The normalized spacial score (nSPS) is 12.9. The molecule has 1 heterocycles. The van der Waals surface area contributed by atoms with E-state index in [1.54, 1.807) is 0 Å². The minimum Gasteiger partial charge on any atom is -0.454 e. The number of benzene rings is 1. The van der Waals surface area contributed by atoms with Gasteiger partial charge in [0.05, 0.1) is 16.6 Å². The number of nitro groups is 1. The van der Waals surface area contributed by atoms with Crippen molar-refractivity contribution in [2.45, 2.75) is 20.3 Å². The van der Waals surface area contributed by atoms with Crippen molar-refractivity contribution in [2.75, 3.05) is 13.3 Å². The molecule has 1 amide bonds. The lowest BCUT2D eigenvalue weighted by Gasteiger charge is -2.04. The molecule has 0 saturated heterocycles. The molecule has 1 aliphatic heterocycles. The number of carbonyl (C=O) groups is 1. The Morgan fingerprint density at radius 3 is 2.73 bits per heavy atom. The Morgan fingerprint density at radius 2 is 2.09 bits per heavy atom. The summed E-state index contributed by atoms with van der Waals surface area (Å²) in [4.78, 5) is 22.3. The molecule has 0 fully saturated rings. The zero-order chi connectivity index (χ0) is 16.1. The third kappa shape index (κ3) is 3.97. The number of hydrogen-bond acceptors (Lipinski definition) is 5. The molecule has 0 saturated carbocycles. The highest BCUT2D eigenvalue weighted by molar-refractivity contribution is 5.92. The number of ether oxygens (including phenoxy) is 2. The van der Waals surface area contributed by atoms with Gasteiger partial charge in [-0.25, -0.2) is 0 Å². The second kappa shape index (κ2) is 6.93. The second-order valence-electron chi connectivity index (χ2n) is 5.33. The first-order chi connectivity index (χ1) is 10.5. The second-order valence-corrected chi connectivity index (χ2v) is 5.33. The van der Waals surface area contributed by atoms with Gasteiger partial charge < -0.3 is 14.8 Å². The topological polar surface area (TPSA) is 90.7 Å². The average Bonchev–Trinajstić information content (AvgIpc) is 2.90. The first kappa shape index (κ1) is 15.8. The van der Waals surface area contributed by atoms with E-state index in [9.17, 15) is 14.9 Å². The van der Waals surface area contributed by atoms with Crippen LogP contribution in [-0.2, 0) is 4.79 Å². The number of carbonyl (C=O) groups excluding carboxylic acids is 1. The van der Waals surface area contributed by atoms with Crippen LogP contribution in [0.15, 0.2) is 18.2 Å². The Balaban J connectivity index is 2.09. The molecule has 2 rings (SSSR count). The highest BCUT2D eigenvalue weighted by atomic mass is 16.7. The average molecular weight is 306 g/mol. The summed E-state index contributed by atoms with van der Waals surface area (Å²) in [5.41, 5.74) is 0.170. The fourth-order valence-corrected chi connectivity index (χ4v) is 1.95. The van der Waals surface area contributed by atoms with Crippen molar-refractivity contribution in [3.05, 3.63) is 33.9 Å². The van der Waals surface area contributed by atoms with Crippen LogP contribution in [0.25, 0.3) is 6.08 Å². The number of hydrogen-bond donors (Lipinski definition) is 1. The number of nitrogens with zero attached hydrogens (tertiary/aromatic N) is 1. The summed E-state index contributed by atoms with van der Waals surface area (Å²) in [5.74, 6) is 0.988. The van der Waals surface area contributed by atoms with Gasteiger partial charge in [0.1, 0.15) is 0 Å². The van der Waals surface area contributed by atoms with Crippen molar-refractivity contribution < 1.29 is 19.2 Å². The van der Waals surface area contributed by atoms with Crippen molar-refractivity contribution >= 4 is 17.7 Å². The molecule has 0 aliphatic carbocycles. The predicted octanol–water partition coefficient (Wildman–Crippen LogP) is 2.50. The number of nitro benzene ring substituents is 1. The van der Waals surface area contributed by atoms with E-state index in [4.69, 9.17) is 9.47 Å². The lowest BCUT2D eigenvalue weighted by molar-refractivity contribution is -0.385. The third-order valence-corrected chi connectivity index (χ3v) is 3.15. The van der Waals surface area contributed by atoms with Crippen molar-refractivity contribution in [1.29, 1.82) is 0 Å². The quantitative estimate of drug-likeness (QED) is 0.495. The van der Waals surface area contributed by atoms with E-state index in [0.29, 0.717) is 29.5 Å². The highest BCUT2D eigenvalue weighted by Gasteiger charge is 2.22. The lowest BCUT2D eigenvalue weighted by atomic mass is 10.1. The molecule has 0 atom stereocenters. The summed E-state index contributed by atoms with van der Waals surface area (Å²) in [7, 11) is 0. The minimum atomic E-state index is -0.516. The van der Waals surface area contributed by atoms with Gasteiger partial charge in [-0.15, -0.1) is 0 Å². The number of nitrogens with one attached hydrogen (secondary N) is 1. The Labute approximate surface area is 128 Å². The number of amides is 1. The maximum Gasteiger partial charge on any atom is 0.280 e. The summed E-state index contributed by atoms with van der Waals surface area (Å²) in [6, 6.07) is 2.80. The van der Waals surface area contributed by atoms with Gasteiger partial charge in [0.2, 0.25) is 12.7 Å². The maximum absolute atomic E-state index is 11.7. The Bertz CT molecular complexity index is 610. The van der Waals surface area contributed by atoms with E-state index >= 15 is 0 Å². The van der Waals surface area contributed by atoms with Crippen LogP contribution in [0.5, 0.6) is 11.5 Å². The first-order valence-electron chi connectivity index (χ1n) is 7.01. The fraction of sp³-hybridized carbons (Fsp3) is 0.400. The smallest absolute Gasteiger partial charge is 0.280 e. The van der Waals surface area contributed by atoms with E-state index in [2.05, 4.69) is 19.2 Å². The highest BCUT2D eigenvalue weighted by Crippen LogP contribution is 2.38. The van der Waals surface area contributed by atoms with Gasteiger partial charge >= 0.3 is 0 Å². The molecule has 1 aromatic carbocycles. The lowest BCUT2D eigenvalue weighted by Crippen LogP contribution is -2.23. The first-order valence-corrected chi connectivity index (χ1v) is 7.01. The van der Waals surface area contributed by atoms with Crippen LogP contribution in [0.3, 0.4) is 0 Å². The molecule has 0 radical (unpaired) electrons. The van der Waals surface area contributed by atoms with Gasteiger partial charge in [-0.3, -0.25) is 14.9 Å².